The van der Waals surface area contributed by atoms with E-state index in [-0.39, 0.29) is 24.3 Å². The van der Waals surface area contributed by atoms with Gasteiger partial charge in [-0.25, -0.2) is 9.78 Å². The van der Waals surface area contributed by atoms with Gasteiger partial charge in [0.1, 0.15) is 17.1 Å². The maximum absolute atomic E-state index is 12.9. The second-order valence-electron chi connectivity index (χ2n) is 9.74. The first-order valence-corrected chi connectivity index (χ1v) is 13.1. The highest BCUT2D eigenvalue weighted by Crippen LogP contribution is 2.41. The molecule has 0 amide bonds. The second kappa shape index (κ2) is 11.4. The summed E-state index contributed by atoms with van der Waals surface area (Å²) < 4.78 is 21.4. The second-order valence-corrected chi connectivity index (χ2v) is 9.74. The molecular formula is C31H32N4O6. The molecule has 0 radical (unpaired) electrons. The molecule has 0 bridgehead atoms. The molecule has 41 heavy (non-hydrogen) atoms. The quantitative estimate of drug-likeness (QED) is 0.264. The Balaban J connectivity index is 1.56. The third-order valence-corrected chi connectivity index (χ3v) is 7.29. The summed E-state index contributed by atoms with van der Waals surface area (Å²) in [6.45, 7) is -0.0568. The van der Waals surface area contributed by atoms with Crippen molar-refractivity contribution >= 4 is 11.2 Å². The van der Waals surface area contributed by atoms with Crippen molar-refractivity contribution in [2.75, 3.05) is 20.8 Å². The van der Waals surface area contributed by atoms with Gasteiger partial charge in [-0.05, 0) is 41.0 Å². The molecular weight excluding hydrogens is 524 g/mol. The van der Waals surface area contributed by atoms with Gasteiger partial charge < -0.3 is 23.9 Å². The SMILES string of the molecule is COc1ccc(C(OC[C@H](O)Cn2cnc3c2c(=O)n(C)c(=O)n3C)(c2ccccc2)c2ccc(OC)cc2)cc1. The maximum Gasteiger partial charge on any atom is 0.332 e. The van der Waals surface area contributed by atoms with Gasteiger partial charge in [0.15, 0.2) is 11.2 Å². The van der Waals surface area contributed by atoms with Crippen LogP contribution in [0.25, 0.3) is 11.2 Å². The van der Waals surface area contributed by atoms with Gasteiger partial charge in [-0.3, -0.25) is 13.9 Å². The average molecular weight is 557 g/mol. The van der Waals surface area contributed by atoms with Crippen LogP contribution in [0.1, 0.15) is 16.7 Å². The van der Waals surface area contributed by atoms with Gasteiger partial charge in [0.2, 0.25) is 0 Å². The number of hydrogen-bond donors (Lipinski definition) is 1. The van der Waals surface area contributed by atoms with Crippen molar-refractivity contribution < 1.29 is 19.3 Å². The van der Waals surface area contributed by atoms with Crippen molar-refractivity contribution in [3.05, 3.63) is 123 Å². The Morgan fingerprint density at radius 3 is 1.88 bits per heavy atom. The molecule has 0 aliphatic heterocycles. The van der Waals surface area contributed by atoms with Gasteiger partial charge in [0, 0.05) is 14.1 Å². The summed E-state index contributed by atoms with van der Waals surface area (Å²) in [4.78, 5) is 29.5. The van der Waals surface area contributed by atoms with E-state index in [2.05, 4.69) is 4.98 Å². The molecule has 5 rings (SSSR count). The molecule has 10 heteroatoms. The maximum atomic E-state index is 12.9. The highest BCUT2D eigenvalue weighted by molar-refractivity contribution is 5.69. The minimum Gasteiger partial charge on any atom is -0.497 e. The molecule has 3 aromatic carbocycles. The van der Waals surface area contributed by atoms with E-state index >= 15 is 0 Å². The smallest absolute Gasteiger partial charge is 0.332 e. The van der Waals surface area contributed by atoms with Crippen LogP contribution < -0.4 is 20.7 Å². The zero-order valence-electron chi connectivity index (χ0n) is 23.4. The minimum atomic E-state index is -1.10. The molecule has 0 saturated heterocycles. The molecule has 10 nitrogen and oxygen atoms in total. The summed E-state index contributed by atoms with van der Waals surface area (Å²) in [5.74, 6) is 1.40. The fourth-order valence-electron chi connectivity index (χ4n) is 5.11. The minimum absolute atomic E-state index is 0.0278. The Labute approximate surface area is 236 Å². The van der Waals surface area contributed by atoms with E-state index < -0.39 is 23.0 Å². The highest BCUT2D eigenvalue weighted by atomic mass is 16.5. The number of ether oxygens (including phenoxy) is 3. The van der Waals surface area contributed by atoms with E-state index in [1.54, 1.807) is 25.8 Å². The monoisotopic (exact) mass is 556 g/mol. The lowest BCUT2D eigenvalue weighted by Gasteiger charge is -2.36. The lowest BCUT2D eigenvalue weighted by Crippen LogP contribution is -2.38. The molecule has 0 spiro atoms. The van der Waals surface area contributed by atoms with Crippen molar-refractivity contribution in [3.63, 3.8) is 0 Å². The fourth-order valence-corrected chi connectivity index (χ4v) is 5.11. The molecule has 2 heterocycles. The zero-order valence-corrected chi connectivity index (χ0v) is 23.4. The number of benzene rings is 3. The first-order valence-electron chi connectivity index (χ1n) is 13.1. The predicted molar refractivity (Wildman–Crippen MR) is 154 cm³/mol. The molecule has 1 N–H and O–H groups in total. The molecule has 0 saturated carbocycles. The standard InChI is InChI=1S/C31H32N4O6/c1-33-28-27(29(37)34(2)30(33)38)35(20-32-28)18-24(36)19-41-31(21-8-6-5-7-9-21,22-10-14-25(39-3)15-11-22)23-12-16-26(40-4)17-13-23/h5-17,20,24,36H,18-19H2,1-4H3/t24-/m1/s1. The van der Waals surface area contributed by atoms with Gasteiger partial charge in [0.25, 0.3) is 5.56 Å². The number of imidazole rings is 1. The van der Waals surface area contributed by atoms with Crippen LogP contribution in [0.3, 0.4) is 0 Å². The van der Waals surface area contributed by atoms with Crippen LogP contribution in [0.4, 0.5) is 0 Å². The molecule has 0 aliphatic rings. The van der Waals surface area contributed by atoms with Crippen molar-refractivity contribution in [1.82, 2.24) is 18.7 Å². The number of hydrogen-bond acceptors (Lipinski definition) is 7. The number of aromatic nitrogens is 4. The summed E-state index contributed by atoms with van der Waals surface area (Å²) in [6.07, 6.45) is 0.431. The molecule has 0 fully saturated rings. The van der Waals surface area contributed by atoms with Crippen LogP contribution >= 0.6 is 0 Å². The van der Waals surface area contributed by atoms with Crippen LogP contribution in [0.5, 0.6) is 11.5 Å². The number of rotatable bonds is 10. The molecule has 1 atom stereocenters. The van der Waals surface area contributed by atoms with Crippen molar-refractivity contribution in [2.45, 2.75) is 18.2 Å². The molecule has 0 unspecified atom stereocenters. The Morgan fingerprint density at radius 1 is 0.805 bits per heavy atom. The Bertz CT molecular complexity index is 1710. The number of nitrogens with zero attached hydrogens (tertiary/aromatic N) is 4. The number of fused-ring (bicyclic) bond motifs is 1. The number of aliphatic hydroxyl groups excluding tert-OH is 1. The van der Waals surface area contributed by atoms with Crippen LogP contribution in [-0.2, 0) is 31.0 Å². The van der Waals surface area contributed by atoms with Crippen LogP contribution in [0.15, 0.2) is 94.8 Å². The first-order chi connectivity index (χ1) is 19.8. The largest absolute Gasteiger partial charge is 0.497 e. The number of aliphatic hydroxyl groups is 1. The normalized spacial score (nSPS) is 12.4. The number of methoxy groups -OCH3 is 2. The summed E-state index contributed by atoms with van der Waals surface area (Å²) in [5, 5.41) is 11.2. The van der Waals surface area contributed by atoms with E-state index in [0.717, 1.165) is 21.3 Å². The highest BCUT2D eigenvalue weighted by Gasteiger charge is 2.38. The summed E-state index contributed by atoms with van der Waals surface area (Å²) in [5.41, 5.74) is 0.955. The molecule has 0 aliphatic carbocycles. The van der Waals surface area contributed by atoms with Crippen molar-refractivity contribution in [1.29, 1.82) is 0 Å². The summed E-state index contributed by atoms with van der Waals surface area (Å²) >= 11 is 0. The summed E-state index contributed by atoms with van der Waals surface area (Å²) in [7, 11) is 6.19. The average Bonchev–Trinajstić information content (AvgIpc) is 3.43. The Hall–Kier alpha value is -4.67. The first kappa shape index (κ1) is 27.9. The van der Waals surface area contributed by atoms with E-state index in [9.17, 15) is 14.7 Å². The van der Waals surface area contributed by atoms with Crippen molar-refractivity contribution in [3.8, 4) is 11.5 Å². The molecule has 2 aromatic heterocycles. The van der Waals surface area contributed by atoms with Crippen LogP contribution in [-0.4, -0.2) is 50.7 Å². The van der Waals surface area contributed by atoms with Gasteiger partial charge in [-0.15, -0.1) is 0 Å². The van der Waals surface area contributed by atoms with Gasteiger partial charge in [0.05, 0.1) is 39.8 Å². The van der Waals surface area contributed by atoms with E-state index in [0.29, 0.717) is 11.5 Å². The third kappa shape index (κ3) is 5.03. The van der Waals surface area contributed by atoms with Crippen molar-refractivity contribution in [2.24, 2.45) is 14.1 Å². The Morgan fingerprint density at radius 2 is 1.34 bits per heavy atom. The summed E-state index contributed by atoms with van der Waals surface area (Å²) in [6, 6.07) is 25.0. The van der Waals surface area contributed by atoms with Gasteiger partial charge in [-0.1, -0.05) is 54.6 Å². The number of aryl methyl sites for hydroxylation is 1. The lowest BCUT2D eigenvalue weighted by atomic mass is 9.80. The Kier molecular flexibility index (Phi) is 7.78. The molecule has 212 valence electrons. The van der Waals surface area contributed by atoms with Crippen LogP contribution in [0, 0.1) is 0 Å². The van der Waals surface area contributed by atoms with Gasteiger partial charge in [-0.2, -0.15) is 0 Å². The molecule has 5 aromatic rings. The topological polar surface area (TPSA) is 110 Å². The third-order valence-electron chi connectivity index (χ3n) is 7.29. The van der Waals surface area contributed by atoms with E-state index in [4.69, 9.17) is 14.2 Å². The van der Waals surface area contributed by atoms with Gasteiger partial charge >= 0.3 is 5.69 Å². The van der Waals surface area contributed by atoms with E-state index in [1.807, 2.05) is 78.9 Å². The fraction of sp³-hybridized carbons (Fsp3) is 0.258. The van der Waals surface area contributed by atoms with E-state index in [1.165, 1.54) is 17.9 Å². The zero-order chi connectivity index (χ0) is 29.1. The lowest BCUT2D eigenvalue weighted by molar-refractivity contribution is -0.0420. The van der Waals surface area contributed by atoms with Crippen LogP contribution in [0.2, 0.25) is 0 Å². The predicted octanol–water partition coefficient (Wildman–Crippen LogP) is 2.82.